The minimum atomic E-state index is -0.445. The number of amides is 2. The van der Waals surface area contributed by atoms with Gasteiger partial charge in [0.15, 0.2) is 0 Å². The first-order chi connectivity index (χ1) is 7.25. The van der Waals surface area contributed by atoms with Gasteiger partial charge >= 0.3 is 6.03 Å². The number of anilines is 1. The topological polar surface area (TPSA) is 67.8 Å². The van der Waals surface area contributed by atoms with Gasteiger partial charge in [-0.25, -0.2) is 4.79 Å². The van der Waals surface area contributed by atoms with Crippen molar-refractivity contribution in [3.05, 3.63) is 41.0 Å². The molecule has 4 nitrogen and oxygen atoms in total. The first-order valence-electron chi connectivity index (χ1n) is 4.54. The van der Waals surface area contributed by atoms with Gasteiger partial charge in [-0.15, -0.1) is 12.4 Å². The maximum atomic E-state index is 11.1. The first-order valence-corrected chi connectivity index (χ1v) is 4.54. The molecule has 0 spiro atoms. The van der Waals surface area contributed by atoms with Crippen molar-refractivity contribution in [3.8, 4) is 0 Å². The molecule has 5 heteroatoms. The summed E-state index contributed by atoms with van der Waals surface area (Å²) in [4.78, 5) is 18.7. The predicted octanol–water partition coefficient (Wildman–Crippen LogP) is 1.22. The second-order valence-electron chi connectivity index (χ2n) is 3.38. The fourth-order valence-corrected chi connectivity index (χ4v) is 1.79. The number of fused-ring (bicyclic) bond motifs is 3. The van der Waals surface area contributed by atoms with E-state index in [4.69, 9.17) is 5.73 Å². The molecule has 3 rings (SSSR count). The van der Waals surface area contributed by atoms with Crippen LogP contribution in [0, 0.1) is 0 Å². The summed E-state index contributed by atoms with van der Waals surface area (Å²) in [6.45, 7) is 0. The van der Waals surface area contributed by atoms with Gasteiger partial charge in [0, 0.05) is 16.5 Å². The summed E-state index contributed by atoms with van der Waals surface area (Å²) in [5, 5.41) is 3.04. The van der Waals surface area contributed by atoms with E-state index in [2.05, 4.69) is 9.98 Å². The highest BCUT2D eigenvalue weighted by Gasteiger charge is 2.08. The molecule has 2 amide bonds. The van der Waals surface area contributed by atoms with Gasteiger partial charge in [-0.2, -0.15) is 9.98 Å². The average molecular weight is 234 g/mol. The van der Waals surface area contributed by atoms with Crippen LogP contribution in [0.25, 0.3) is 10.8 Å². The van der Waals surface area contributed by atoms with Gasteiger partial charge in [-0.05, 0) is 12.1 Å². The zero-order chi connectivity index (χ0) is 10.4. The normalized spacial score (nSPS) is 12.6. The van der Waals surface area contributed by atoms with Crippen LogP contribution < -0.4 is 16.4 Å². The van der Waals surface area contributed by atoms with E-state index >= 15 is 0 Å². The highest BCUT2D eigenvalue weighted by Crippen LogP contribution is 2.16. The van der Waals surface area contributed by atoms with Crippen LogP contribution >= 0.6 is 12.4 Å². The summed E-state index contributed by atoms with van der Waals surface area (Å²) in [6.07, 6.45) is 0. The third-order valence-corrected chi connectivity index (χ3v) is 2.47. The molecule has 0 fully saturated rings. The van der Waals surface area contributed by atoms with Crippen LogP contribution in [-0.4, -0.2) is 6.03 Å². The molecular formula is C11H8ClN3O. The number of nitrogen functional groups attached to an aromatic ring is 1. The molecule has 1 aliphatic heterocycles. The molecule has 0 aliphatic carbocycles. The van der Waals surface area contributed by atoms with Crippen LogP contribution in [0.4, 0.5) is 10.5 Å². The minimum absolute atomic E-state index is 0. The summed E-state index contributed by atoms with van der Waals surface area (Å²) in [5.41, 5.74) is 6.51. The Morgan fingerprint density at radius 3 is 2.62 bits per heavy atom. The molecule has 1 heterocycles. The SMILES string of the molecule is Cl.Nc1cccc2c3c(ccc12)=NC(=O)N=3. The van der Waals surface area contributed by atoms with Crippen LogP contribution in [0.15, 0.2) is 40.3 Å². The van der Waals surface area contributed by atoms with E-state index in [-0.39, 0.29) is 12.4 Å². The summed E-state index contributed by atoms with van der Waals surface area (Å²) in [6, 6.07) is 8.74. The average Bonchev–Trinajstić information content (AvgIpc) is 2.59. The number of rotatable bonds is 0. The van der Waals surface area contributed by atoms with Crippen LogP contribution in [0.2, 0.25) is 0 Å². The molecule has 1 aliphatic rings. The van der Waals surface area contributed by atoms with Crippen molar-refractivity contribution in [3.63, 3.8) is 0 Å². The van der Waals surface area contributed by atoms with Gasteiger partial charge in [0.05, 0.1) is 5.36 Å². The third kappa shape index (κ3) is 1.35. The second kappa shape index (κ2) is 3.57. The van der Waals surface area contributed by atoms with E-state index in [0.717, 1.165) is 10.8 Å². The van der Waals surface area contributed by atoms with Gasteiger partial charge < -0.3 is 5.73 Å². The molecule has 0 radical (unpaired) electrons. The first kappa shape index (κ1) is 10.6. The summed E-state index contributed by atoms with van der Waals surface area (Å²) in [5.74, 6) is 0. The lowest BCUT2D eigenvalue weighted by Crippen LogP contribution is -2.22. The van der Waals surface area contributed by atoms with Crippen LogP contribution in [-0.2, 0) is 0 Å². The van der Waals surface area contributed by atoms with Crippen LogP contribution in [0.1, 0.15) is 0 Å². The highest BCUT2D eigenvalue weighted by molar-refractivity contribution is 5.93. The largest absolute Gasteiger partial charge is 0.398 e. The maximum absolute atomic E-state index is 11.1. The molecule has 2 aromatic rings. The predicted molar refractivity (Wildman–Crippen MR) is 63.3 cm³/mol. The Labute approximate surface area is 96.9 Å². The molecule has 0 atom stereocenters. The molecule has 0 bridgehead atoms. The van der Waals surface area contributed by atoms with Crippen molar-refractivity contribution in [1.29, 1.82) is 0 Å². The third-order valence-electron chi connectivity index (χ3n) is 2.47. The zero-order valence-corrected chi connectivity index (χ0v) is 8.99. The minimum Gasteiger partial charge on any atom is -0.398 e. The summed E-state index contributed by atoms with van der Waals surface area (Å²) in [7, 11) is 0. The molecule has 16 heavy (non-hydrogen) atoms. The fraction of sp³-hybridized carbons (Fsp3) is 0. The monoisotopic (exact) mass is 233 g/mol. The number of hydrogen-bond donors (Lipinski definition) is 1. The van der Waals surface area contributed by atoms with Crippen molar-refractivity contribution in [2.75, 3.05) is 5.73 Å². The van der Waals surface area contributed by atoms with Gasteiger partial charge in [0.1, 0.15) is 5.36 Å². The van der Waals surface area contributed by atoms with Crippen molar-refractivity contribution >= 4 is 34.9 Å². The lowest BCUT2D eigenvalue weighted by molar-refractivity contribution is 0.257. The van der Waals surface area contributed by atoms with Crippen molar-refractivity contribution in [2.45, 2.75) is 0 Å². The van der Waals surface area contributed by atoms with Gasteiger partial charge in [-0.3, -0.25) is 0 Å². The number of urea groups is 1. The molecule has 2 N–H and O–H groups in total. The Hall–Kier alpha value is -1.94. The lowest BCUT2D eigenvalue weighted by Gasteiger charge is -1.99. The van der Waals surface area contributed by atoms with E-state index in [1.165, 1.54) is 0 Å². The molecule has 80 valence electrons. The Morgan fingerprint density at radius 1 is 1.00 bits per heavy atom. The number of nitrogens with zero attached hydrogens (tertiary/aromatic N) is 2. The zero-order valence-electron chi connectivity index (χ0n) is 8.18. The maximum Gasteiger partial charge on any atom is 0.368 e. The fourth-order valence-electron chi connectivity index (χ4n) is 1.79. The molecule has 0 aromatic heterocycles. The smallest absolute Gasteiger partial charge is 0.368 e. The van der Waals surface area contributed by atoms with Gasteiger partial charge in [0.25, 0.3) is 0 Å². The number of benzene rings is 2. The summed E-state index contributed by atoms with van der Waals surface area (Å²) >= 11 is 0. The number of carbonyl (C=O) groups is 1. The Kier molecular flexibility index (Phi) is 2.36. The highest BCUT2D eigenvalue weighted by atomic mass is 35.5. The van der Waals surface area contributed by atoms with E-state index in [1.807, 2.05) is 24.3 Å². The molecule has 0 saturated carbocycles. The molecule has 0 unspecified atom stereocenters. The van der Waals surface area contributed by atoms with E-state index in [9.17, 15) is 4.79 Å². The van der Waals surface area contributed by atoms with Crippen LogP contribution in [0.3, 0.4) is 0 Å². The molecule has 2 aromatic carbocycles. The van der Waals surface area contributed by atoms with E-state index in [1.54, 1.807) is 6.07 Å². The standard InChI is InChI=1S/C11H7N3O.ClH/c12-8-3-1-2-7-6(8)4-5-9-10(7)14-11(15)13-9;/h1-5H,12H2;1H. The number of halogens is 1. The van der Waals surface area contributed by atoms with Crippen molar-refractivity contribution in [1.82, 2.24) is 0 Å². The van der Waals surface area contributed by atoms with Crippen molar-refractivity contribution < 1.29 is 4.79 Å². The van der Waals surface area contributed by atoms with Gasteiger partial charge in [0.2, 0.25) is 0 Å². The molecular weight excluding hydrogens is 226 g/mol. The lowest BCUT2D eigenvalue weighted by atomic mass is 10.1. The Morgan fingerprint density at radius 2 is 1.81 bits per heavy atom. The van der Waals surface area contributed by atoms with E-state index in [0.29, 0.717) is 16.4 Å². The number of hydrogen-bond acceptors (Lipinski definition) is 2. The van der Waals surface area contributed by atoms with Crippen molar-refractivity contribution in [2.24, 2.45) is 9.98 Å². The van der Waals surface area contributed by atoms with Crippen LogP contribution in [0.5, 0.6) is 0 Å². The second-order valence-corrected chi connectivity index (χ2v) is 3.38. The molecule has 0 saturated heterocycles. The number of nitrogens with two attached hydrogens (primary N) is 1. The summed E-state index contributed by atoms with van der Waals surface area (Å²) < 4.78 is 0. The van der Waals surface area contributed by atoms with Gasteiger partial charge in [-0.1, -0.05) is 18.2 Å². The Balaban J connectivity index is 0.000000963. The Bertz CT molecular complexity index is 709. The quantitative estimate of drug-likeness (QED) is 0.695. The van der Waals surface area contributed by atoms with E-state index < -0.39 is 6.03 Å². The number of carbonyl (C=O) groups excluding carboxylic acids is 1.